The molecule has 0 bridgehead atoms. The van der Waals surface area contributed by atoms with Crippen LogP contribution in [0.3, 0.4) is 0 Å². The molecule has 1 fully saturated rings. The van der Waals surface area contributed by atoms with E-state index >= 15 is 0 Å². The van der Waals surface area contributed by atoms with E-state index in [2.05, 4.69) is 10.2 Å². The zero-order chi connectivity index (χ0) is 21.3. The van der Waals surface area contributed by atoms with E-state index in [9.17, 15) is 14.7 Å². The van der Waals surface area contributed by atoms with E-state index in [1.54, 1.807) is 45.2 Å². The summed E-state index contributed by atoms with van der Waals surface area (Å²) in [4.78, 5) is 29.2. The number of aryl methyl sites for hydroxylation is 2. The fourth-order valence-corrected chi connectivity index (χ4v) is 3.59. The third kappa shape index (κ3) is 3.75. The van der Waals surface area contributed by atoms with Crippen molar-refractivity contribution < 1.29 is 19.4 Å². The number of benzene rings is 1. The van der Waals surface area contributed by atoms with E-state index in [0.29, 0.717) is 35.8 Å². The standard InChI is InChI=1S/C21H26N4O4/c1-12-16(13(2)23-22-12)19(26)17-18(14-6-8-15(29-5)9-7-14)25(11-10-24(3)4)21(28)20(17)27/h6-9,18,26H,10-11H2,1-5H3,(H,22,23)/t18-/m1/s1. The number of aromatic nitrogens is 2. The molecule has 29 heavy (non-hydrogen) atoms. The highest BCUT2D eigenvalue weighted by atomic mass is 16.5. The molecule has 1 amide bonds. The molecular weight excluding hydrogens is 372 g/mol. The van der Waals surface area contributed by atoms with Crippen LogP contribution in [0.25, 0.3) is 5.76 Å². The lowest BCUT2D eigenvalue weighted by molar-refractivity contribution is -0.140. The molecule has 8 heteroatoms. The number of H-pyrrole nitrogens is 1. The second kappa shape index (κ2) is 8.08. The van der Waals surface area contributed by atoms with Crippen LogP contribution in [0.4, 0.5) is 0 Å². The minimum atomic E-state index is -0.693. The number of likely N-dealkylation sites (tertiary alicyclic amines) is 1. The number of aromatic amines is 1. The quantitative estimate of drug-likeness (QED) is 0.439. The molecule has 1 aromatic heterocycles. The third-order valence-corrected chi connectivity index (χ3v) is 5.12. The number of amides is 1. The summed E-state index contributed by atoms with van der Waals surface area (Å²) in [6.45, 7) is 4.44. The van der Waals surface area contributed by atoms with Crippen LogP contribution < -0.4 is 4.74 Å². The summed E-state index contributed by atoms with van der Waals surface area (Å²) in [6, 6.07) is 6.47. The number of ketones is 1. The highest BCUT2D eigenvalue weighted by Crippen LogP contribution is 2.40. The van der Waals surface area contributed by atoms with Crippen molar-refractivity contribution in [2.45, 2.75) is 19.9 Å². The number of likely N-dealkylation sites (N-methyl/N-ethyl adjacent to an activating group) is 1. The zero-order valence-corrected chi connectivity index (χ0v) is 17.3. The zero-order valence-electron chi connectivity index (χ0n) is 17.3. The number of nitrogens with one attached hydrogen (secondary N) is 1. The normalized spacial score (nSPS) is 18.7. The van der Waals surface area contributed by atoms with E-state index in [0.717, 1.165) is 5.56 Å². The van der Waals surface area contributed by atoms with Gasteiger partial charge in [0.05, 0.1) is 30.0 Å². The number of methoxy groups -OCH3 is 1. The molecule has 1 aliphatic rings. The van der Waals surface area contributed by atoms with Gasteiger partial charge in [0.25, 0.3) is 11.7 Å². The SMILES string of the molecule is COc1ccc([C@@H]2C(=C(O)c3c(C)n[nH]c3C)C(=O)C(=O)N2CCN(C)C)cc1. The molecular formula is C21H26N4O4. The van der Waals surface area contributed by atoms with Crippen molar-refractivity contribution in [3.8, 4) is 5.75 Å². The minimum absolute atomic E-state index is 0.0755. The molecule has 154 valence electrons. The summed E-state index contributed by atoms with van der Waals surface area (Å²) in [6.07, 6.45) is 0. The summed E-state index contributed by atoms with van der Waals surface area (Å²) in [7, 11) is 5.37. The second-order valence-electron chi connectivity index (χ2n) is 7.38. The number of aliphatic hydroxyl groups is 1. The van der Waals surface area contributed by atoms with E-state index in [1.165, 1.54) is 4.90 Å². The van der Waals surface area contributed by atoms with Gasteiger partial charge in [0.1, 0.15) is 11.5 Å². The predicted molar refractivity (Wildman–Crippen MR) is 109 cm³/mol. The lowest BCUT2D eigenvalue weighted by Crippen LogP contribution is -2.35. The number of nitrogens with zero attached hydrogens (tertiary/aromatic N) is 3. The Morgan fingerprint density at radius 2 is 1.90 bits per heavy atom. The predicted octanol–water partition coefficient (Wildman–Crippen LogP) is 2.02. The van der Waals surface area contributed by atoms with Crippen molar-refractivity contribution in [2.75, 3.05) is 34.3 Å². The van der Waals surface area contributed by atoms with Crippen molar-refractivity contribution in [2.24, 2.45) is 0 Å². The Hall–Kier alpha value is -3.13. The van der Waals surface area contributed by atoms with Crippen LogP contribution in [-0.2, 0) is 9.59 Å². The van der Waals surface area contributed by atoms with Gasteiger partial charge in [-0.2, -0.15) is 5.10 Å². The van der Waals surface area contributed by atoms with Crippen LogP contribution >= 0.6 is 0 Å². The van der Waals surface area contributed by atoms with Crippen LogP contribution in [0.15, 0.2) is 29.8 Å². The van der Waals surface area contributed by atoms with Gasteiger partial charge < -0.3 is 19.6 Å². The number of aliphatic hydroxyl groups excluding tert-OH is 1. The maximum absolute atomic E-state index is 12.9. The molecule has 8 nitrogen and oxygen atoms in total. The van der Waals surface area contributed by atoms with Gasteiger partial charge in [-0.05, 0) is 45.6 Å². The van der Waals surface area contributed by atoms with Crippen molar-refractivity contribution >= 4 is 17.4 Å². The minimum Gasteiger partial charge on any atom is -0.507 e. The monoisotopic (exact) mass is 398 g/mol. The van der Waals surface area contributed by atoms with Gasteiger partial charge in [-0.25, -0.2) is 0 Å². The first-order valence-corrected chi connectivity index (χ1v) is 9.35. The second-order valence-corrected chi connectivity index (χ2v) is 7.38. The molecule has 0 aliphatic carbocycles. The van der Waals surface area contributed by atoms with Crippen LogP contribution in [0.5, 0.6) is 5.75 Å². The maximum Gasteiger partial charge on any atom is 0.295 e. The highest BCUT2D eigenvalue weighted by molar-refractivity contribution is 6.46. The van der Waals surface area contributed by atoms with Crippen molar-refractivity contribution in [1.29, 1.82) is 0 Å². The summed E-state index contributed by atoms with van der Waals surface area (Å²) in [5.41, 5.74) is 2.45. The third-order valence-electron chi connectivity index (χ3n) is 5.12. The summed E-state index contributed by atoms with van der Waals surface area (Å²) < 4.78 is 5.22. The molecule has 0 radical (unpaired) electrons. The highest BCUT2D eigenvalue weighted by Gasteiger charge is 2.46. The van der Waals surface area contributed by atoms with Crippen LogP contribution in [-0.4, -0.2) is 71.1 Å². The number of Topliss-reactive ketones (excluding diaryl/α,β-unsaturated/α-hetero) is 1. The van der Waals surface area contributed by atoms with Gasteiger partial charge in [-0.15, -0.1) is 0 Å². The number of rotatable bonds is 6. The first kappa shape index (κ1) is 20.6. The van der Waals surface area contributed by atoms with Crippen molar-refractivity contribution in [3.05, 3.63) is 52.4 Å². The molecule has 1 aromatic carbocycles. The molecule has 0 saturated carbocycles. The molecule has 2 heterocycles. The van der Waals surface area contributed by atoms with Crippen LogP contribution in [0.2, 0.25) is 0 Å². The smallest absolute Gasteiger partial charge is 0.295 e. The average molecular weight is 398 g/mol. The Kier molecular flexibility index (Phi) is 5.74. The van der Waals surface area contributed by atoms with Crippen molar-refractivity contribution in [1.82, 2.24) is 20.0 Å². The first-order valence-electron chi connectivity index (χ1n) is 9.35. The van der Waals surface area contributed by atoms with E-state index in [4.69, 9.17) is 4.74 Å². The van der Waals surface area contributed by atoms with Crippen LogP contribution in [0.1, 0.15) is 28.6 Å². The number of hydrogen-bond acceptors (Lipinski definition) is 6. The van der Waals surface area contributed by atoms with E-state index in [1.807, 2.05) is 19.0 Å². The van der Waals surface area contributed by atoms with E-state index < -0.39 is 17.7 Å². The van der Waals surface area contributed by atoms with Gasteiger partial charge >= 0.3 is 0 Å². The Labute approximate surface area is 169 Å². The first-order chi connectivity index (χ1) is 13.8. The van der Waals surface area contributed by atoms with Gasteiger partial charge in [0.15, 0.2) is 0 Å². The largest absolute Gasteiger partial charge is 0.507 e. The molecule has 1 saturated heterocycles. The number of carbonyl (C=O) groups excluding carboxylic acids is 2. The Morgan fingerprint density at radius 1 is 1.24 bits per heavy atom. The molecule has 0 spiro atoms. The van der Waals surface area contributed by atoms with Gasteiger partial charge in [-0.3, -0.25) is 14.7 Å². The fraction of sp³-hybridized carbons (Fsp3) is 0.381. The van der Waals surface area contributed by atoms with Gasteiger partial charge in [-0.1, -0.05) is 12.1 Å². The Balaban J connectivity index is 2.17. The molecule has 1 aliphatic heterocycles. The summed E-state index contributed by atoms with van der Waals surface area (Å²) in [5, 5.41) is 18.0. The number of hydrogen-bond donors (Lipinski definition) is 2. The lowest BCUT2D eigenvalue weighted by atomic mass is 9.94. The maximum atomic E-state index is 12.9. The van der Waals surface area contributed by atoms with Crippen molar-refractivity contribution in [3.63, 3.8) is 0 Å². The number of carbonyl (C=O) groups is 2. The van der Waals surface area contributed by atoms with E-state index in [-0.39, 0.29) is 11.3 Å². The van der Waals surface area contributed by atoms with Crippen LogP contribution in [0, 0.1) is 13.8 Å². The molecule has 3 rings (SSSR count). The molecule has 2 aromatic rings. The topological polar surface area (TPSA) is 98.8 Å². The summed E-state index contributed by atoms with van der Waals surface area (Å²) >= 11 is 0. The molecule has 0 unspecified atom stereocenters. The summed E-state index contributed by atoms with van der Waals surface area (Å²) in [5.74, 6) is -0.851. The molecule has 1 atom stereocenters. The fourth-order valence-electron chi connectivity index (χ4n) is 3.59. The number of ether oxygens (including phenoxy) is 1. The lowest BCUT2D eigenvalue weighted by Gasteiger charge is -2.26. The Morgan fingerprint density at radius 3 is 2.41 bits per heavy atom. The average Bonchev–Trinajstić information content (AvgIpc) is 3.16. The van der Waals surface area contributed by atoms with Gasteiger partial charge in [0, 0.05) is 18.8 Å². The Bertz CT molecular complexity index is 940. The molecule has 2 N–H and O–H groups in total. The van der Waals surface area contributed by atoms with Gasteiger partial charge in [0.2, 0.25) is 0 Å².